The van der Waals surface area contributed by atoms with E-state index < -0.39 is 28.5 Å². The Bertz CT molecular complexity index is 1390. The third-order valence-electron chi connectivity index (χ3n) is 6.29. The molecule has 2 amide bonds. The normalized spacial score (nSPS) is 12.8. The van der Waals surface area contributed by atoms with Gasteiger partial charge in [0.05, 0.1) is 11.9 Å². The lowest BCUT2D eigenvalue weighted by Gasteiger charge is -2.34. The van der Waals surface area contributed by atoms with Gasteiger partial charge in [0.2, 0.25) is 21.8 Å². The highest BCUT2D eigenvalue weighted by Crippen LogP contribution is 2.24. The molecule has 1 N–H and O–H groups in total. The molecule has 2 atom stereocenters. The van der Waals surface area contributed by atoms with Crippen molar-refractivity contribution in [3.05, 3.63) is 99.5 Å². The largest absolute Gasteiger partial charge is 0.352 e. The van der Waals surface area contributed by atoms with E-state index in [-0.39, 0.29) is 30.6 Å². The summed E-state index contributed by atoms with van der Waals surface area (Å²) >= 11 is 9.60. The number of hydrogen-bond acceptors (Lipinski definition) is 4. The fourth-order valence-corrected chi connectivity index (χ4v) is 5.54. The lowest BCUT2D eigenvalue weighted by molar-refractivity contribution is -0.140. The van der Waals surface area contributed by atoms with E-state index in [1.54, 1.807) is 18.2 Å². The van der Waals surface area contributed by atoms with Crippen LogP contribution in [0.4, 0.5) is 5.69 Å². The summed E-state index contributed by atoms with van der Waals surface area (Å²) in [6, 6.07) is 22.2. The number of carbonyl (C=O) groups is 2. The van der Waals surface area contributed by atoms with Gasteiger partial charge >= 0.3 is 0 Å². The number of amides is 2. The van der Waals surface area contributed by atoms with Crippen LogP contribution in [0.1, 0.15) is 31.4 Å². The van der Waals surface area contributed by atoms with Gasteiger partial charge in [-0.15, -0.1) is 0 Å². The van der Waals surface area contributed by atoms with Crippen LogP contribution in [-0.4, -0.2) is 50.0 Å². The number of sulfonamides is 1. The first-order valence-electron chi connectivity index (χ1n) is 12.6. The van der Waals surface area contributed by atoms with Crippen molar-refractivity contribution in [3.8, 4) is 0 Å². The van der Waals surface area contributed by atoms with E-state index in [1.165, 1.54) is 11.0 Å². The van der Waals surface area contributed by atoms with Crippen molar-refractivity contribution in [1.29, 1.82) is 0 Å². The molecular weight excluding hydrogens is 602 g/mol. The molecular formula is C29H33BrClN3O4S. The van der Waals surface area contributed by atoms with Crippen molar-refractivity contribution < 1.29 is 18.0 Å². The molecule has 7 nitrogen and oxygen atoms in total. The average Bonchev–Trinajstić information content (AvgIpc) is 2.89. The molecule has 0 heterocycles. The van der Waals surface area contributed by atoms with Crippen molar-refractivity contribution >= 4 is 55.1 Å². The van der Waals surface area contributed by atoms with E-state index in [1.807, 2.05) is 68.4 Å². The smallest absolute Gasteiger partial charge is 0.244 e. The Hall–Kier alpha value is -2.88. The Labute approximate surface area is 244 Å². The van der Waals surface area contributed by atoms with Crippen molar-refractivity contribution in [1.82, 2.24) is 10.2 Å². The molecule has 0 radical (unpaired) electrons. The SMILES string of the molecule is CC[C@@H](C)NC(=O)[C@H](Cc1ccccc1)N(Cc1cccc(Br)c1)C(=O)CN(c1cccc(Cl)c1)S(C)(=O)=O. The Kier molecular flexibility index (Phi) is 11.0. The van der Waals surface area contributed by atoms with Gasteiger partial charge in [0.25, 0.3) is 0 Å². The first-order valence-corrected chi connectivity index (χ1v) is 15.6. The zero-order valence-corrected chi connectivity index (χ0v) is 25.3. The van der Waals surface area contributed by atoms with Gasteiger partial charge in [-0.05, 0) is 54.8 Å². The van der Waals surface area contributed by atoms with Gasteiger partial charge in [-0.2, -0.15) is 0 Å². The number of halogens is 2. The summed E-state index contributed by atoms with van der Waals surface area (Å²) in [5.41, 5.74) is 1.94. The van der Waals surface area contributed by atoms with Crippen LogP contribution in [-0.2, 0) is 32.6 Å². The van der Waals surface area contributed by atoms with Crippen molar-refractivity contribution in [2.45, 2.75) is 45.3 Å². The molecule has 39 heavy (non-hydrogen) atoms. The molecule has 0 spiro atoms. The lowest BCUT2D eigenvalue weighted by Crippen LogP contribution is -2.54. The minimum Gasteiger partial charge on any atom is -0.352 e. The third kappa shape index (κ3) is 9.08. The van der Waals surface area contributed by atoms with Crippen LogP contribution >= 0.6 is 27.5 Å². The average molecular weight is 635 g/mol. The molecule has 0 saturated heterocycles. The predicted molar refractivity (Wildman–Crippen MR) is 160 cm³/mol. The first-order chi connectivity index (χ1) is 18.5. The molecule has 0 aliphatic heterocycles. The minimum absolute atomic E-state index is 0.0995. The topological polar surface area (TPSA) is 86.8 Å². The molecule has 0 aliphatic rings. The Morgan fingerprint density at radius 2 is 1.64 bits per heavy atom. The van der Waals surface area contributed by atoms with E-state index in [9.17, 15) is 18.0 Å². The van der Waals surface area contributed by atoms with Gasteiger partial charge in [-0.25, -0.2) is 8.42 Å². The second kappa shape index (κ2) is 14.0. The fourth-order valence-electron chi connectivity index (χ4n) is 4.07. The molecule has 208 valence electrons. The molecule has 10 heteroatoms. The third-order valence-corrected chi connectivity index (χ3v) is 8.16. The summed E-state index contributed by atoms with van der Waals surface area (Å²) in [6.45, 7) is 3.49. The van der Waals surface area contributed by atoms with Crippen LogP contribution in [0.15, 0.2) is 83.3 Å². The quantitative estimate of drug-likeness (QED) is 0.288. The molecule has 0 aromatic heterocycles. The number of anilines is 1. The maximum Gasteiger partial charge on any atom is 0.244 e. The van der Waals surface area contributed by atoms with E-state index in [0.29, 0.717) is 5.02 Å². The van der Waals surface area contributed by atoms with E-state index in [4.69, 9.17) is 11.6 Å². The van der Waals surface area contributed by atoms with Crippen LogP contribution in [0.5, 0.6) is 0 Å². The van der Waals surface area contributed by atoms with Crippen LogP contribution in [0.25, 0.3) is 0 Å². The van der Waals surface area contributed by atoms with Gasteiger partial charge in [0.15, 0.2) is 0 Å². The maximum absolute atomic E-state index is 14.0. The van der Waals surface area contributed by atoms with Crippen LogP contribution in [0.3, 0.4) is 0 Å². The van der Waals surface area contributed by atoms with Gasteiger partial charge in [0, 0.05) is 28.5 Å². The van der Waals surface area contributed by atoms with Crippen molar-refractivity contribution in [3.63, 3.8) is 0 Å². The molecule has 3 aromatic carbocycles. The molecule has 0 bridgehead atoms. The summed E-state index contributed by atoms with van der Waals surface area (Å²) < 4.78 is 27.5. The van der Waals surface area contributed by atoms with Gasteiger partial charge < -0.3 is 10.2 Å². The van der Waals surface area contributed by atoms with E-state index in [0.717, 1.165) is 32.6 Å². The van der Waals surface area contributed by atoms with E-state index >= 15 is 0 Å². The summed E-state index contributed by atoms with van der Waals surface area (Å²) in [5, 5.41) is 3.36. The molecule has 0 saturated carbocycles. The summed E-state index contributed by atoms with van der Waals surface area (Å²) in [5.74, 6) is -0.814. The van der Waals surface area contributed by atoms with Gasteiger partial charge in [-0.3, -0.25) is 13.9 Å². The first kappa shape index (κ1) is 30.7. The minimum atomic E-state index is -3.85. The number of hydrogen-bond donors (Lipinski definition) is 1. The summed E-state index contributed by atoms with van der Waals surface area (Å²) in [7, 11) is -3.85. The fraction of sp³-hybridized carbons (Fsp3) is 0.310. The molecule has 3 aromatic rings. The molecule has 0 aliphatic carbocycles. The monoisotopic (exact) mass is 633 g/mol. The number of carbonyl (C=O) groups excluding carboxylic acids is 2. The Balaban J connectivity index is 2.06. The Morgan fingerprint density at radius 1 is 0.974 bits per heavy atom. The highest BCUT2D eigenvalue weighted by atomic mass is 79.9. The summed E-state index contributed by atoms with van der Waals surface area (Å²) in [6.07, 6.45) is 2.02. The Morgan fingerprint density at radius 3 is 2.26 bits per heavy atom. The highest BCUT2D eigenvalue weighted by molar-refractivity contribution is 9.10. The summed E-state index contributed by atoms with van der Waals surface area (Å²) in [4.78, 5) is 29.2. The standard InChI is InChI=1S/C29H33BrClN3O4S/c1-4-21(2)32-29(36)27(17-22-10-6-5-7-11-22)33(19-23-12-8-13-24(30)16-23)28(35)20-34(39(3,37)38)26-15-9-14-25(31)18-26/h5-16,18,21,27H,4,17,19-20H2,1-3H3,(H,32,36)/t21-,27+/m1/s1. The molecule has 3 rings (SSSR count). The van der Waals surface area contributed by atoms with Gasteiger partial charge in [-0.1, -0.05) is 83.0 Å². The molecule has 0 unspecified atom stereocenters. The van der Waals surface area contributed by atoms with Crippen LogP contribution in [0.2, 0.25) is 5.02 Å². The van der Waals surface area contributed by atoms with Crippen molar-refractivity contribution in [2.75, 3.05) is 17.1 Å². The maximum atomic E-state index is 14.0. The van der Waals surface area contributed by atoms with E-state index in [2.05, 4.69) is 21.2 Å². The molecule has 0 fully saturated rings. The highest BCUT2D eigenvalue weighted by Gasteiger charge is 2.33. The number of rotatable bonds is 12. The zero-order valence-electron chi connectivity index (χ0n) is 22.2. The number of nitrogens with zero attached hydrogens (tertiary/aromatic N) is 2. The second-order valence-electron chi connectivity index (χ2n) is 9.42. The van der Waals surface area contributed by atoms with Crippen LogP contribution < -0.4 is 9.62 Å². The van der Waals surface area contributed by atoms with Crippen molar-refractivity contribution in [2.24, 2.45) is 0 Å². The zero-order chi connectivity index (χ0) is 28.6. The number of benzene rings is 3. The lowest BCUT2D eigenvalue weighted by atomic mass is 10.0. The predicted octanol–water partition coefficient (Wildman–Crippen LogP) is 5.42. The van der Waals surface area contributed by atoms with Crippen LogP contribution in [0, 0.1) is 0 Å². The number of nitrogens with one attached hydrogen (secondary N) is 1. The second-order valence-corrected chi connectivity index (χ2v) is 12.7. The van der Waals surface area contributed by atoms with Gasteiger partial charge in [0.1, 0.15) is 12.6 Å².